The first-order valence-corrected chi connectivity index (χ1v) is 9.92. The van der Waals surface area contributed by atoms with Crippen molar-refractivity contribution in [1.29, 1.82) is 0 Å². The Morgan fingerprint density at radius 3 is 2.70 bits per heavy atom. The van der Waals surface area contributed by atoms with Crippen molar-refractivity contribution >= 4 is 5.96 Å². The molecule has 2 aliphatic heterocycles. The summed E-state index contributed by atoms with van der Waals surface area (Å²) in [5, 5.41) is 6.74. The van der Waals surface area contributed by atoms with Crippen molar-refractivity contribution in [3.63, 3.8) is 0 Å². The molecule has 0 radical (unpaired) electrons. The molecule has 2 aliphatic rings. The van der Waals surface area contributed by atoms with Gasteiger partial charge in [-0.25, -0.2) is 4.99 Å². The molecule has 1 fully saturated rings. The molecule has 1 aromatic rings. The van der Waals surface area contributed by atoms with Crippen LogP contribution in [-0.2, 0) is 11.3 Å². The molecule has 7 heteroatoms. The van der Waals surface area contributed by atoms with Gasteiger partial charge in [-0.05, 0) is 44.9 Å². The molecule has 2 heterocycles. The maximum Gasteiger partial charge on any atom is 0.231 e. The van der Waals surface area contributed by atoms with Crippen LogP contribution in [0.4, 0.5) is 0 Å². The van der Waals surface area contributed by atoms with Gasteiger partial charge in [-0.2, -0.15) is 0 Å². The van der Waals surface area contributed by atoms with Gasteiger partial charge in [-0.15, -0.1) is 0 Å². The maximum absolute atomic E-state index is 5.79. The van der Waals surface area contributed by atoms with Crippen molar-refractivity contribution in [1.82, 2.24) is 15.5 Å². The average Bonchev–Trinajstić information content (AvgIpc) is 3.10. The first kappa shape index (κ1) is 19.8. The molecule has 27 heavy (non-hydrogen) atoms. The zero-order valence-electron chi connectivity index (χ0n) is 16.7. The van der Waals surface area contributed by atoms with Crippen molar-refractivity contribution in [3.05, 3.63) is 23.8 Å². The number of nitrogens with one attached hydrogen (secondary N) is 2. The van der Waals surface area contributed by atoms with E-state index in [1.165, 1.54) is 0 Å². The Bertz CT molecular complexity index is 628. The summed E-state index contributed by atoms with van der Waals surface area (Å²) in [5.74, 6) is 2.45. The molecular weight excluding hydrogens is 344 g/mol. The summed E-state index contributed by atoms with van der Waals surface area (Å²) in [6, 6.07) is 5.97. The zero-order valence-corrected chi connectivity index (χ0v) is 16.7. The fraction of sp³-hybridized carbons (Fsp3) is 0.650. The van der Waals surface area contributed by atoms with Gasteiger partial charge < -0.3 is 24.8 Å². The van der Waals surface area contributed by atoms with E-state index >= 15 is 0 Å². The third-order valence-corrected chi connectivity index (χ3v) is 4.64. The van der Waals surface area contributed by atoms with Gasteiger partial charge in [0.05, 0.1) is 18.8 Å². The van der Waals surface area contributed by atoms with Gasteiger partial charge in [0.15, 0.2) is 17.5 Å². The van der Waals surface area contributed by atoms with Gasteiger partial charge >= 0.3 is 0 Å². The smallest absolute Gasteiger partial charge is 0.231 e. The monoisotopic (exact) mass is 376 g/mol. The fourth-order valence-electron chi connectivity index (χ4n) is 3.53. The quantitative estimate of drug-likeness (QED) is 0.431. The molecule has 0 saturated carbocycles. The molecule has 2 atom stereocenters. The first-order valence-electron chi connectivity index (χ1n) is 9.92. The van der Waals surface area contributed by atoms with Crippen molar-refractivity contribution in [3.8, 4) is 11.5 Å². The number of rotatable bonds is 7. The maximum atomic E-state index is 5.79. The van der Waals surface area contributed by atoms with Gasteiger partial charge in [0.25, 0.3) is 0 Å². The highest BCUT2D eigenvalue weighted by Crippen LogP contribution is 2.32. The summed E-state index contributed by atoms with van der Waals surface area (Å²) in [4.78, 5) is 7.17. The van der Waals surface area contributed by atoms with Crippen LogP contribution in [0.25, 0.3) is 0 Å². The van der Waals surface area contributed by atoms with Crippen LogP contribution in [0.5, 0.6) is 11.5 Å². The van der Waals surface area contributed by atoms with E-state index in [-0.39, 0.29) is 0 Å². The van der Waals surface area contributed by atoms with Crippen molar-refractivity contribution < 1.29 is 14.2 Å². The highest BCUT2D eigenvalue weighted by Gasteiger charge is 2.21. The summed E-state index contributed by atoms with van der Waals surface area (Å²) in [5.41, 5.74) is 1.10. The van der Waals surface area contributed by atoms with E-state index in [2.05, 4.69) is 41.3 Å². The molecule has 2 N–H and O–H groups in total. The minimum atomic E-state index is 0.299. The third-order valence-electron chi connectivity index (χ3n) is 4.64. The number of guanidine groups is 1. The Balaban J connectivity index is 1.43. The van der Waals surface area contributed by atoms with Crippen LogP contribution in [0.3, 0.4) is 0 Å². The topological polar surface area (TPSA) is 67.4 Å². The Kier molecular flexibility index (Phi) is 7.18. The SMILES string of the molecule is CCNC(=NCc1ccc2c(c1)OCO2)NCCCN1CC(C)OC(C)C1. The minimum Gasteiger partial charge on any atom is -0.454 e. The molecule has 0 spiro atoms. The van der Waals surface area contributed by atoms with E-state index in [1.807, 2.05) is 18.2 Å². The normalized spacial score (nSPS) is 22.7. The number of ether oxygens (including phenoxy) is 3. The minimum absolute atomic E-state index is 0.299. The highest BCUT2D eigenvalue weighted by atomic mass is 16.7. The average molecular weight is 377 g/mol. The number of aliphatic imine (C=N–C) groups is 1. The molecule has 1 aromatic carbocycles. The van der Waals surface area contributed by atoms with E-state index in [1.54, 1.807) is 0 Å². The summed E-state index contributed by atoms with van der Waals surface area (Å²) >= 11 is 0. The summed E-state index contributed by atoms with van der Waals surface area (Å²) in [7, 11) is 0. The lowest BCUT2D eigenvalue weighted by atomic mass is 10.2. The van der Waals surface area contributed by atoms with E-state index < -0.39 is 0 Å². The number of benzene rings is 1. The van der Waals surface area contributed by atoms with Crippen molar-refractivity contribution in [2.24, 2.45) is 4.99 Å². The standard InChI is InChI=1S/C20H32N4O3/c1-4-21-20(22-8-5-9-24-12-15(2)27-16(3)13-24)23-11-17-6-7-18-19(10-17)26-14-25-18/h6-7,10,15-16H,4-5,8-9,11-14H2,1-3H3,(H2,21,22,23). The van der Waals surface area contributed by atoms with Crippen LogP contribution < -0.4 is 20.1 Å². The number of hydrogen-bond acceptors (Lipinski definition) is 5. The lowest BCUT2D eigenvalue weighted by Crippen LogP contribution is -2.46. The fourth-order valence-corrected chi connectivity index (χ4v) is 3.53. The van der Waals surface area contributed by atoms with Crippen molar-refractivity contribution in [2.75, 3.05) is 39.5 Å². The van der Waals surface area contributed by atoms with Crippen LogP contribution in [0.1, 0.15) is 32.8 Å². The lowest BCUT2D eigenvalue weighted by molar-refractivity contribution is -0.0679. The summed E-state index contributed by atoms with van der Waals surface area (Å²) in [6.45, 7) is 12.1. The van der Waals surface area contributed by atoms with E-state index in [9.17, 15) is 0 Å². The number of fused-ring (bicyclic) bond motifs is 1. The van der Waals surface area contributed by atoms with Crippen LogP contribution >= 0.6 is 0 Å². The van der Waals surface area contributed by atoms with E-state index in [0.29, 0.717) is 25.5 Å². The van der Waals surface area contributed by atoms with Gasteiger partial charge in [0, 0.05) is 32.7 Å². The van der Waals surface area contributed by atoms with Crippen LogP contribution in [0, 0.1) is 0 Å². The molecule has 7 nitrogen and oxygen atoms in total. The molecule has 1 saturated heterocycles. The lowest BCUT2D eigenvalue weighted by Gasteiger charge is -2.35. The van der Waals surface area contributed by atoms with Gasteiger partial charge in [0.1, 0.15) is 0 Å². The first-order chi connectivity index (χ1) is 13.1. The number of hydrogen-bond donors (Lipinski definition) is 2. The van der Waals surface area contributed by atoms with Gasteiger partial charge in [-0.1, -0.05) is 6.07 Å². The second kappa shape index (κ2) is 9.80. The molecule has 150 valence electrons. The van der Waals surface area contributed by atoms with Crippen LogP contribution in [-0.4, -0.2) is 62.6 Å². The second-order valence-electron chi connectivity index (χ2n) is 7.18. The van der Waals surface area contributed by atoms with E-state index in [4.69, 9.17) is 14.2 Å². The van der Waals surface area contributed by atoms with Crippen LogP contribution in [0.15, 0.2) is 23.2 Å². The predicted molar refractivity (Wildman–Crippen MR) is 106 cm³/mol. The molecule has 3 rings (SSSR count). The Hall–Kier alpha value is -1.99. The molecule has 0 aromatic heterocycles. The Morgan fingerprint density at radius 1 is 1.15 bits per heavy atom. The summed E-state index contributed by atoms with van der Waals surface area (Å²) in [6.07, 6.45) is 1.72. The molecule has 0 amide bonds. The molecule has 0 bridgehead atoms. The largest absolute Gasteiger partial charge is 0.454 e. The second-order valence-corrected chi connectivity index (χ2v) is 7.18. The molecular formula is C20H32N4O3. The Morgan fingerprint density at radius 2 is 1.93 bits per heavy atom. The summed E-state index contributed by atoms with van der Waals surface area (Å²) < 4.78 is 16.6. The highest BCUT2D eigenvalue weighted by molar-refractivity contribution is 5.79. The van der Waals surface area contributed by atoms with Gasteiger partial charge in [-0.3, -0.25) is 4.90 Å². The number of nitrogens with zero attached hydrogens (tertiary/aromatic N) is 2. The van der Waals surface area contributed by atoms with Crippen LogP contribution in [0.2, 0.25) is 0 Å². The molecule has 0 aliphatic carbocycles. The number of morpholine rings is 1. The van der Waals surface area contributed by atoms with Gasteiger partial charge in [0.2, 0.25) is 6.79 Å². The predicted octanol–water partition coefficient (Wildman–Crippen LogP) is 1.97. The molecule has 2 unspecified atom stereocenters. The van der Waals surface area contributed by atoms with E-state index in [0.717, 1.165) is 62.2 Å². The van der Waals surface area contributed by atoms with Crippen molar-refractivity contribution in [2.45, 2.75) is 45.9 Å². The zero-order chi connectivity index (χ0) is 19.1. The third kappa shape index (κ3) is 6.01. The Labute approximate surface area is 162 Å².